The molecule has 0 radical (unpaired) electrons. The number of halogens is 1. The van der Waals surface area contributed by atoms with Crippen LogP contribution in [0.25, 0.3) is 27.4 Å². The minimum absolute atomic E-state index is 0.0667. The molecule has 0 aliphatic carbocycles. The second-order valence-electron chi connectivity index (χ2n) is 9.56. The van der Waals surface area contributed by atoms with E-state index in [0.29, 0.717) is 27.4 Å². The van der Waals surface area contributed by atoms with Crippen molar-refractivity contribution in [2.45, 2.75) is 6.54 Å². The maximum atomic E-state index is 13.7. The van der Waals surface area contributed by atoms with Gasteiger partial charge in [-0.3, -0.25) is 14.0 Å². The maximum Gasteiger partial charge on any atom is 0.335 e. The average Bonchev–Trinajstić information content (AvgIpc) is 3.43. The minimum atomic E-state index is -1.03. The highest BCUT2D eigenvalue weighted by molar-refractivity contribution is 6.10. The van der Waals surface area contributed by atoms with E-state index in [2.05, 4.69) is 10.3 Å². The number of pyridine rings is 1. The van der Waals surface area contributed by atoms with E-state index in [1.54, 1.807) is 48.7 Å². The lowest BCUT2D eigenvalue weighted by Gasteiger charge is -2.13. The van der Waals surface area contributed by atoms with Gasteiger partial charge in [0.25, 0.3) is 5.91 Å². The molecule has 0 unspecified atom stereocenters. The number of carboxylic acids is 1. The summed E-state index contributed by atoms with van der Waals surface area (Å²) in [5, 5.41) is 13.4. The van der Waals surface area contributed by atoms with Crippen LogP contribution >= 0.6 is 0 Å². The van der Waals surface area contributed by atoms with Crippen LogP contribution in [-0.4, -0.2) is 32.2 Å². The molecule has 4 aromatic carbocycles. The number of hydrogen-bond acceptors (Lipinski definition) is 4. The number of fused-ring (bicyclic) bond motifs is 2. The molecule has 2 heterocycles. The lowest BCUT2D eigenvalue weighted by molar-refractivity contribution is 0.0696. The van der Waals surface area contributed by atoms with Gasteiger partial charge in [0.1, 0.15) is 11.5 Å². The van der Waals surface area contributed by atoms with Crippen molar-refractivity contribution in [1.29, 1.82) is 0 Å². The second-order valence-corrected chi connectivity index (χ2v) is 9.56. The van der Waals surface area contributed by atoms with Crippen molar-refractivity contribution in [2.75, 3.05) is 0 Å². The largest absolute Gasteiger partial charge is 0.478 e. The molecule has 0 aliphatic heterocycles. The summed E-state index contributed by atoms with van der Waals surface area (Å²) in [6.07, 6.45) is 1.55. The zero-order valence-corrected chi connectivity index (χ0v) is 21.5. The molecule has 6 aromatic rings. The van der Waals surface area contributed by atoms with Crippen LogP contribution in [0.1, 0.15) is 42.6 Å². The summed E-state index contributed by atoms with van der Waals surface area (Å²) >= 11 is 0. The number of benzene rings is 4. The third-order valence-electron chi connectivity index (χ3n) is 6.89. The van der Waals surface area contributed by atoms with Crippen LogP contribution in [-0.2, 0) is 6.54 Å². The first-order valence-corrected chi connectivity index (χ1v) is 12.8. The summed E-state index contributed by atoms with van der Waals surface area (Å²) in [4.78, 5) is 42.9. The summed E-state index contributed by atoms with van der Waals surface area (Å²) in [6, 6.07) is 28.7. The molecule has 6 rings (SSSR count). The minimum Gasteiger partial charge on any atom is -0.478 e. The summed E-state index contributed by atoms with van der Waals surface area (Å²) in [7, 11) is 0. The zero-order valence-electron chi connectivity index (χ0n) is 21.5. The van der Waals surface area contributed by atoms with Gasteiger partial charge in [-0.15, -0.1) is 0 Å². The normalized spacial score (nSPS) is 11.0. The number of hydrogen-bond donors (Lipinski definition) is 2. The Labute approximate surface area is 233 Å². The Morgan fingerprint density at radius 1 is 0.780 bits per heavy atom. The molecule has 0 saturated heterocycles. The molecule has 0 bridgehead atoms. The predicted octanol–water partition coefficient (Wildman–Crippen LogP) is 6.15. The smallest absolute Gasteiger partial charge is 0.335 e. The highest BCUT2D eigenvalue weighted by Gasteiger charge is 2.22. The van der Waals surface area contributed by atoms with Crippen LogP contribution in [0.2, 0.25) is 0 Å². The first-order chi connectivity index (χ1) is 19.9. The first kappa shape index (κ1) is 25.6. The molecule has 0 fully saturated rings. The summed E-state index contributed by atoms with van der Waals surface area (Å²) in [5.74, 6) is -2.15. The van der Waals surface area contributed by atoms with Crippen LogP contribution in [0.5, 0.6) is 0 Å². The SMILES string of the molecule is O=C(O)c1ccc(CNC(=O)c2cc(-c3ccccc3)cc3cnc(C(=O)c4ccc5cc(F)ccc5c4)n23)cc1. The van der Waals surface area contributed by atoms with Crippen molar-refractivity contribution in [3.8, 4) is 11.1 Å². The number of carboxylic acid groups (broad SMARTS) is 1. The van der Waals surface area contributed by atoms with Crippen LogP contribution < -0.4 is 5.32 Å². The number of rotatable bonds is 7. The van der Waals surface area contributed by atoms with Gasteiger partial charge in [0.15, 0.2) is 5.82 Å². The van der Waals surface area contributed by atoms with Gasteiger partial charge >= 0.3 is 5.97 Å². The average molecular weight is 544 g/mol. The molecule has 2 aromatic heterocycles. The first-order valence-electron chi connectivity index (χ1n) is 12.8. The zero-order chi connectivity index (χ0) is 28.5. The molecule has 0 atom stereocenters. The van der Waals surface area contributed by atoms with Gasteiger partial charge in [-0.1, -0.05) is 60.7 Å². The lowest BCUT2D eigenvalue weighted by atomic mass is 10.0. The van der Waals surface area contributed by atoms with Crippen molar-refractivity contribution in [3.05, 3.63) is 143 Å². The molecule has 2 N–H and O–H groups in total. The third-order valence-corrected chi connectivity index (χ3v) is 6.89. The monoisotopic (exact) mass is 543 g/mol. The number of carbonyl (C=O) groups is 3. The molecule has 7 nitrogen and oxygen atoms in total. The number of aromatic nitrogens is 2. The van der Waals surface area contributed by atoms with Crippen LogP contribution in [0.4, 0.5) is 4.39 Å². The Morgan fingerprint density at radius 3 is 2.24 bits per heavy atom. The number of imidazole rings is 1. The molecule has 8 heteroatoms. The summed E-state index contributed by atoms with van der Waals surface area (Å²) in [6.45, 7) is 0.148. The quantitative estimate of drug-likeness (QED) is 0.235. The lowest BCUT2D eigenvalue weighted by Crippen LogP contribution is -2.26. The number of amides is 1. The van der Waals surface area contributed by atoms with Gasteiger partial charge in [-0.2, -0.15) is 0 Å². The molecule has 41 heavy (non-hydrogen) atoms. The van der Waals surface area contributed by atoms with Gasteiger partial charge in [0, 0.05) is 12.1 Å². The van der Waals surface area contributed by atoms with Gasteiger partial charge < -0.3 is 10.4 Å². The number of nitrogens with one attached hydrogen (secondary N) is 1. The van der Waals surface area contributed by atoms with E-state index in [1.165, 1.54) is 28.7 Å². The van der Waals surface area contributed by atoms with E-state index in [1.807, 2.05) is 36.4 Å². The van der Waals surface area contributed by atoms with Crippen molar-refractivity contribution < 1.29 is 23.9 Å². The summed E-state index contributed by atoms with van der Waals surface area (Å²) in [5.41, 5.74) is 3.67. The van der Waals surface area contributed by atoms with Crippen molar-refractivity contribution >= 4 is 33.9 Å². The third kappa shape index (κ3) is 5.06. The summed E-state index contributed by atoms with van der Waals surface area (Å²) < 4.78 is 15.2. The highest BCUT2D eigenvalue weighted by atomic mass is 19.1. The van der Waals surface area contributed by atoms with Gasteiger partial charge in [-0.25, -0.2) is 14.2 Å². The van der Waals surface area contributed by atoms with E-state index in [9.17, 15) is 18.8 Å². The van der Waals surface area contributed by atoms with E-state index >= 15 is 0 Å². The molecular formula is C33H22FN3O4. The Hall–Kier alpha value is -5.63. The van der Waals surface area contributed by atoms with Crippen LogP contribution in [0.15, 0.2) is 109 Å². The Kier molecular flexibility index (Phi) is 6.57. The number of aromatic carboxylic acids is 1. The van der Waals surface area contributed by atoms with Gasteiger partial charge in [0.05, 0.1) is 17.3 Å². The number of ketones is 1. The van der Waals surface area contributed by atoms with Gasteiger partial charge in [-0.05, 0) is 69.9 Å². The molecule has 0 saturated carbocycles. The number of carbonyl (C=O) groups excluding carboxylic acids is 2. The topological polar surface area (TPSA) is 101 Å². The van der Waals surface area contributed by atoms with E-state index in [4.69, 9.17) is 5.11 Å². The van der Waals surface area contributed by atoms with Gasteiger partial charge in [0.2, 0.25) is 5.78 Å². The molecule has 1 amide bonds. The van der Waals surface area contributed by atoms with Crippen molar-refractivity contribution in [2.24, 2.45) is 0 Å². The molecule has 200 valence electrons. The fraction of sp³-hybridized carbons (Fsp3) is 0.0303. The van der Waals surface area contributed by atoms with Crippen LogP contribution in [0.3, 0.4) is 0 Å². The van der Waals surface area contributed by atoms with E-state index in [0.717, 1.165) is 11.1 Å². The Balaban J connectivity index is 1.40. The maximum absolute atomic E-state index is 13.7. The van der Waals surface area contributed by atoms with Crippen molar-refractivity contribution in [1.82, 2.24) is 14.7 Å². The molecule has 0 aliphatic rings. The van der Waals surface area contributed by atoms with Crippen LogP contribution in [0, 0.1) is 5.82 Å². The number of nitrogens with zero attached hydrogens (tertiary/aromatic N) is 2. The fourth-order valence-corrected chi connectivity index (χ4v) is 4.78. The highest BCUT2D eigenvalue weighted by Crippen LogP contribution is 2.26. The Morgan fingerprint density at radius 2 is 1.49 bits per heavy atom. The standard InChI is InChI=1S/C33H22FN3O4/c34-27-13-12-23-14-25(11-10-24(23)15-27)30(38)31-35-19-28-16-26(21-4-2-1-3-5-21)17-29(37(28)31)32(39)36-18-20-6-8-22(9-7-20)33(40)41/h1-17,19H,18H2,(H,36,39)(H,40,41). The molecular weight excluding hydrogens is 521 g/mol. The predicted molar refractivity (Wildman–Crippen MR) is 153 cm³/mol. The van der Waals surface area contributed by atoms with E-state index < -0.39 is 11.9 Å². The second kappa shape index (κ2) is 10.5. The fourth-order valence-electron chi connectivity index (χ4n) is 4.78. The molecule has 0 spiro atoms. The van der Waals surface area contributed by atoms with Crippen molar-refractivity contribution in [3.63, 3.8) is 0 Å². The van der Waals surface area contributed by atoms with E-state index in [-0.39, 0.29) is 35.2 Å². The Bertz CT molecular complexity index is 1960.